The first-order chi connectivity index (χ1) is 5.24. The Morgan fingerprint density at radius 3 is 3.00 bits per heavy atom. The normalized spacial score (nSPS) is 8.91. The average Bonchev–Trinajstić information content (AvgIpc) is 1.98. The van der Waals surface area contributed by atoms with Crippen LogP contribution >= 0.6 is 0 Å². The van der Waals surface area contributed by atoms with Crippen LogP contribution in [0.25, 0.3) is 0 Å². The van der Waals surface area contributed by atoms with Gasteiger partial charge in [0.1, 0.15) is 0 Å². The number of aryl methyl sites for hydroxylation is 1. The number of nitrogens with zero attached hydrogens (tertiary/aromatic N) is 2. The summed E-state index contributed by atoms with van der Waals surface area (Å²) in [6.45, 7) is 1.68. The van der Waals surface area contributed by atoms with Crippen molar-refractivity contribution >= 4 is 11.9 Å². The molecule has 1 aromatic heterocycles. The fraction of sp³-hybridized carbons (Fsp3) is 0.143. The van der Waals surface area contributed by atoms with Crippen molar-refractivity contribution in [2.75, 3.05) is 0 Å². The third-order valence-corrected chi connectivity index (χ3v) is 1.12. The molecule has 0 aromatic carbocycles. The molecule has 0 aliphatic heterocycles. The number of carbonyl (C=O) groups excluding carboxylic acids is 1. The molecule has 56 valence electrons. The highest BCUT2D eigenvalue weighted by Crippen LogP contribution is 2.12. The van der Waals surface area contributed by atoms with E-state index in [1.54, 1.807) is 6.92 Å². The quantitative estimate of drug-likeness (QED) is 0.452. The molecular formula is C7H5FN2O. The second-order valence-electron chi connectivity index (χ2n) is 1.96. The standard InChI is InChI=1S/C7H5FN2O/c1-5-2-3-6(8)7(10-5)9-4-11/h2-3H,1H3. The molecular weight excluding hydrogens is 147 g/mol. The van der Waals surface area contributed by atoms with E-state index in [1.807, 2.05) is 0 Å². The summed E-state index contributed by atoms with van der Waals surface area (Å²) in [5.74, 6) is -0.820. The number of aromatic nitrogens is 1. The van der Waals surface area contributed by atoms with Gasteiger partial charge in [0.2, 0.25) is 11.9 Å². The van der Waals surface area contributed by atoms with E-state index < -0.39 is 5.82 Å². The van der Waals surface area contributed by atoms with Crippen LogP contribution in [0.3, 0.4) is 0 Å². The first-order valence-corrected chi connectivity index (χ1v) is 2.95. The molecule has 11 heavy (non-hydrogen) atoms. The highest BCUT2D eigenvalue weighted by molar-refractivity contribution is 5.45. The van der Waals surface area contributed by atoms with Gasteiger partial charge in [-0.1, -0.05) is 0 Å². The fourth-order valence-corrected chi connectivity index (χ4v) is 0.648. The summed E-state index contributed by atoms with van der Waals surface area (Å²) >= 11 is 0. The van der Waals surface area contributed by atoms with Gasteiger partial charge >= 0.3 is 0 Å². The number of pyridine rings is 1. The van der Waals surface area contributed by atoms with Crippen LogP contribution in [0.2, 0.25) is 0 Å². The summed E-state index contributed by atoms with van der Waals surface area (Å²) in [4.78, 5) is 16.5. The van der Waals surface area contributed by atoms with E-state index in [0.29, 0.717) is 5.69 Å². The zero-order valence-corrected chi connectivity index (χ0v) is 5.84. The number of isocyanates is 1. The van der Waals surface area contributed by atoms with Gasteiger partial charge in [-0.15, -0.1) is 4.99 Å². The van der Waals surface area contributed by atoms with Crippen molar-refractivity contribution in [1.82, 2.24) is 4.98 Å². The smallest absolute Gasteiger partial charge is 0.231 e. The Labute approximate surface area is 62.6 Å². The molecule has 1 rings (SSSR count). The predicted molar refractivity (Wildman–Crippen MR) is 36.7 cm³/mol. The van der Waals surface area contributed by atoms with Crippen LogP contribution < -0.4 is 0 Å². The van der Waals surface area contributed by atoms with Crippen molar-refractivity contribution in [1.29, 1.82) is 0 Å². The second kappa shape index (κ2) is 3.03. The summed E-state index contributed by atoms with van der Waals surface area (Å²) in [6.07, 6.45) is 1.22. The Morgan fingerprint density at radius 2 is 2.36 bits per heavy atom. The maximum Gasteiger partial charge on any atom is 0.242 e. The Bertz CT molecular complexity index is 318. The Hall–Kier alpha value is -1.54. The van der Waals surface area contributed by atoms with Crippen LogP contribution in [0.5, 0.6) is 0 Å². The van der Waals surface area contributed by atoms with Crippen LogP contribution in [0.15, 0.2) is 17.1 Å². The van der Waals surface area contributed by atoms with Gasteiger partial charge in [0.15, 0.2) is 5.82 Å². The van der Waals surface area contributed by atoms with Crippen LogP contribution in [-0.4, -0.2) is 11.1 Å². The van der Waals surface area contributed by atoms with E-state index in [2.05, 4.69) is 9.98 Å². The average molecular weight is 152 g/mol. The number of halogens is 1. The fourth-order valence-electron chi connectivity index (χ4n) is 0.648. The minimum atomic E-state index is -0.612. The molecule has 0 spiro atoms. The molecule has 0 N–H and O–H groups in total. The van der Waals surface area contributed by atoms with Crippen LogP contribution in [0.1, 0.15) is 5.69 Å². The number of hydrogen-bond acceptors (Lipinski definition) is 3. The summed E-state index contributed by atoms with van der Waals surface area (Å²) in [5.41, 5.74) is 0.611. The minimum Gasteiger partial charge on any atom is -0.231 e. The lowest BCUT2D eigenvalue weighted by atomic mass is 10.3. The Morgan fingerprint density at radius 1 is 1.64 bits per heavy atom. The maximum atomic E-state index is 12.6. The van der Waals surface area contributed by atoms with Crippen molar-refractivity contribution in [2.45, 2.75) is 6.92 Å². The lowest BCUT2D eigenvalue weighted by Gasteiger charge is -1.93. The van der Waals surface area contributed by atoms with Crippen LogP contribution in [-0.2, 0) is 4.79 Å². The third-order valence-electron chi connectivity index (χ3n) is 1.12. The van der Waals surface area contributed by atoms with Gasteiger partial charge in [-0.3, -0.25) is 0 Å². The molecule has 0 atom stereocenters. The minimum absolute atomic E-state index is 0.208. The first kappa shape index (κ1) is 7.57. The molecule has 0 saturated carbocycles. The molecule has 0 radical (unpaired) electrons. The molecule has 0 unspecified atom stereocenters. The molecule has 0 bridgehead atoms. The molecule has 3 nitrogen and oxygen atoms in total. The molecule has 0 amide bonds. The van der Waals surface area contributed by atoms with Gasteiger partial charge in [-0.2, -0.15) is 0 Å². The number of rotatable bonds is 1. The van der Waals surface area contributed by atoms with Crippen molar-refractivity contribution < 1.29 is 9.18 Å². The Kier molecular flexibility index (Phi) is 2.09. The molecule has 0 saturated heterocycles. The summed E-state index contributed by atoms with van der Waals surface area (Å²) < 4.78 is 12.6. The molecule has 1 aromatic rings. The maximum absolute atomic E-state index is 12.6. The Balaban J connectivity index is 3.22. The van der Waals surface area contributed by atoms with E-state index in [0.717, 1.165) is 0 Å². The zero-order chi connectivity index (χ0) is 8.27. The van der Waals surface area contributed by atoms with Crippen molar-refractivity contribution in [3.63, 3.8) is 0 Å². The van der Waals surface area contributed by atoms with E-state index in [-0.39, 0.29) is 5.82 Å². The van der Waals surface area contributed by atoms with Crippen LogP contribution in [0, 0.1) is 12.7 Å². The van der Waals surface area contributed by atoms with Gasteiger partial charge in [0.05, 0.1) is 0 Å². The third kappa shape index (κ3) is 1.69. The topological polar surface area (TPSA) is 42.3 Å². The first-order valence-electron chi connectivity index (χ1n) is 2.95. The lowest BCUT2D eigenvalue weighted by Crippen LogP contribution is -1.84. The monoisotopic (exact) mass is 152 g/mol. The van der Waals surface area contributed by atoms with Gasteiger partial charge < -0.3 is 0 Å². The summed E-state index contributed by atoms with van der Waals surface area (Å²) in [5, 5.41) is 0. The summed E-state index contributed by atoms with van der Waals surface area (Å²) in [6, 6.07) is 2.71. The van der Waals surface area contributed by atoms with Gasteiger partial charge in [0, 0.05) is 5.69 Å². The van der Waals surface area contributed by atoms with Crippen molar-refractivity contribution in [3.05, 3.63) is 23.6 Å². The van der Waals surface area contributed by atoms with E-state index in [4.69, 9.17) is 0 Å². The molecule has 1 heterocycles. The molecule has 0 fully saturated rings. The number of aliphatic imine (C=N–C) groups is 1. The molecule has 4 heteroatoms. The largest absolute Gasteiger partial charge is 0.242 e. The number of hydrogen-bond donors (Lipinski definition) is 0. The van der Waals surface area contributed by atoms with Gasteiger partial charge in [0.25, 0.3) is 0 Å². The van der Waals surface area contributed by atoms with E-state index in [9.17, 15) is 9.18 Å². The van der Waals surface area contributed by atoms with Crippen molar-refractivity contribution in [2.24, 2.45) is 4.99 Å². The highest BCUT2D eigenvalue weighted by Gasteiger charge is 2.00. The summed E-state index contributed by atoms with van der Waals surface area (Å²) in [7, 11) is 0. The molecule has 0 aliphatic carbocycles. The van der Waals surface area contributed by atoms with Gasteiger partial charge in [-0.25, -0.2) is 14.2 Å². The lowest BCUT2D eigenvalue weighted by molar-refractivity contribution is 0.563. The second-order valence-corrected chi connectivity index (χ2v) is 1.96. The zero-order valence-electron chi connectivity index (χ0n) is 5.84. The van der Waals surface area contributed by atoms with E-state index >= 15 is 0 Å². The molecule has 0 aliphatic rings. The SMILES string of the molecule is Cc1ccc(F)c(N=C=O)n1. The van der Waals surface area contributed by atoms with Crippen molar-refractivity contribution in [3.8, 4) is 0 Å². The predicted octanol–water partition coefficient (Wildman–Crippen LogP) is 1.50. The van der Waals surface area contributed by atoms with Crippen LogP contribution in [0.4, 0.5) is 10.2 Å². The van der Waals surface area contributed by atoms with E-state index in [1.165, 1.54) is 18.2 Å². The highest BCUT2D eigenvalue weighted by atomic mass is 19.1. The van der Waals surface area contributed by atoms with Gasteiger partial charge in [-0.05, 0) is 19.1 Å².